The Morgan fingerprint density at radius 2 is 2.60 bits per heavy atom. The summed E-state index contributed by atoms with van der Waals surface area (Å²) in [5.74, 6) is 0. The standard InChI is InChI=1S/C7H10N2O/c1-6(2)5-9-4-3-8-7(9)10/h3-4H,1,5H2,2H3,(H,8,10). The Bertz CT molecular complexity index is 282. The number of hydrogen-bond donors (Lipinski definition) is 1. The van der Waals surface area contributed by atoms with E-state index in [4.69, 9.17) is 0 Å². The molecule has 0 amide bonds. The number of aromatic amines is 1. The van der Waals surface area contributed by atoms with Crippen molar-refractivity contribution >= 4 is 0 Å². The minimum absolute atomic E-state index is 0.0806. The van der Waals surface area contributed by atoms with Crippen LogP contribution in [0.5, 0.6) is 0 Å². The molecule has 0 radical (unpaired) electrons. The van der Waals surface area contributed by atoms with Crippen molar-refractivity contribution in [3.63, 3.8) is 0 Å². The van der Waals surface area contributed by atoms with Gasteiger partial charge in [-0.3, -0.25) is 4.57 Å². The quantitative estimate of drug-likeness (QED) is 0.602. The number of rotatable bonds is 2. The summed E-state index contributed by atoms with van der Waals surface area (Å²) < 4.78 is 1.57. The Hall–Kier alpha value is -1.25. The zero-order valence-corrected chi connectivity index (χ0v) is 5.92. The molecule has 0 saturated carbocycles. The second kappa shape index (κ2) is 2.56. The highest BCUT2D eigenvalue weighted by molar-refractivity contribution is 4.90. The maximum Gasteiger partial charge on any atom is 0.325 e. The van der Waals surface area contributed by atoms with E-state index in [1.165, 1.54) is 0 Å². The minimum atomic E-state index is -0.0806. The van der Waals surface area contributed by atoms with E-state index in [2.05, 4.69) is 11.6 Å². The van der Waals surface area contributed by atoms with E-state index < -0.39 is 0 Å². The van der Waals surface area contributed by atoms with E-state index in [1.807, 2.05) is 6.92 Å². The highest BCUT2D eigenvalue weighted by Crippen LogP contribution is 1.89. The van der Waals surface area contributed by atoms with Gasteiger partial charge in [0.1, 0.15) is 0 Å². The van der Waals surface area contributed by atoms with Crippen molar-refractivity contribution in [2.75, 3.05) is 0 Å². The molecule has 0 saturated heterocycles. The maximum atomic E-state index is 10.8. The Labute approximate surface area is 59.0 Å². The van der Waals surface area contributed by atoms with Crippen LogP contribution in [0.2, 0.25) is 0 Å². The molecule has 1 heterocycles. The molecule has 3 nitrogen and oxygen atoms in total. The zero-order chi connectivity index (χ0) is 7.56. The highest BCUT2D eigenvalue weighted by atomic mass is 16.1. The SMILES string of the molecule is C=C(C)Cn1cc[nH]c1=O. The number of aromatic nitrogens is 2. The lowest BCUT2D eigenvalue weighted by atomic mass is 10.3. The molecular formula is C7H10N2O. The Kier molecular flexibility index (Phi) is 1.76. The van der Waals surface area contributed by atoms with Gasteiger partial charge in [0.05, 0.1) is 0 Å². The van der Waals surface area contributed by atoms with Crippen LogP contribution in [0.1, 0.15) is 6.92 Å². The molecule has 0 aromatic carbocycles. The second-order valence-corrected chi connectivity index (χ2v) is 2.35. The van der Waals surface area contributed by atoms with Crippen LogP contribution in [0.4, 0.5) is 0 Å². The van der Waals surface area contributed by atoms with E-state index in [1.54, 1.807) is 17.0 Å². The molecule has 3 heteroatoms. The number of nitrogens with one attached hydrogen (secondary N) is 1. The summed E-state index contributed by atoms with van der Waals surface area (Å²) in [6, 6.07) is 0. The van der Waals surface area contributed by atoms with Crippen molar-refractivity contribution in [3.8, 4) is 0 Å². The first-order valence-corrected chi connectivity index (χ1v) is 3.08. The lowest BCUT2D eigenvalue weighted by molar-refractivity contribution is 0.751. The third kappa shape index (κ3) is 1.37. The van der Waals surface area contributed by atoms with Gasteiger partial charge >= 0.3 is 5.69 Å². The molecule has 1 rings (SSSR count). The van der Waals surface area contributed by atoms with E-state index in [9.17, 15) is 4.79 Å². The number of allylic oxidation sites excluding steroid dienone is 1. The van der Waals surface area contributed by atoms with Crippen molar-refractivity contribution in [2.24, 2.45) is 0 Å². The van der Waals surface area contributed by atoms with Crippen molar-refractivity contribution in [1.29, 1.82) is 0 Å². The summed E-state index contributed by atoms with van der Waals surface area (Å²) in [6.07, 6.45) is 3.32. The average Bonchev–Trinajstić information content (AvgIpc) is 2.15. The van der Waals surface area contributed by atoms with Crippen LogP contribution in [0, 0.1) is 0 Å². The molecular weight excluding hydrogens is 128 g/mol. The van der Waals surface area contributed by atoms with Gasteiger partial charge in [0.2, 0.25) is 0 Å². The normalized spacial score (nSPS) is 9.70. The molecule has 0 aliphatic rings. The van der Waals surface area contributed by atoms with Crippen molar-refractivity contribution < 1.29 is 0 Å². The predicted octanol–water partition coefficient (Wildman–Crippen LogP) is 0.752. The first kappa shape index (κ1) is 6.86. The summed E-state index contributed by atoms with van der Waals surface area (Å²) in [6.45, 7) is 6.19. The molecule has 1 N–H and O–H groups in total. The van der Waals surface area contributed by atoms with Crippen LogP contribution in [0.15, 0.2) is 29.3 Å². The molecule has 10 heavy (non-hydrogen) atoms. The lowest BCUT2D eigenvalue weighted by Gasteiger charge is -1.96. The molecule has 0 spiro atoms. The van der Waals surface area contributed by atoms with E-state index >= 15 is 0 Å². The van der Waals surface area contributed by atoms with Gasteiger partial charge < -0.3 is 4.98 Å². The fourth-order valence-corrected chi connectivity index (χ4v) is 0.764. The van der Waals surface area contributed by atoms with Crippen molar-refractivity contribution in [1.82, 2.24) is 9.55 Å². The Morgan fingerprint density at radius 1 is 1.90 bits per heavy atom. The third-order valence-corrected chi connectivity index (χ3v) is 1.16. The van der Waals surface area contributed by atoms with Crippen LogP contribution in [0.3, 0.4) is 0 Å². The van der Waals surface area contributed by atoms with Crippen LogP contribution in [-0.4, -0.2) is 9.55 Å². The number of nitrogens with zero attached hydrogens (tertiary/aromatic N) is 1. The zero-order valence-electron chi connectivity index (χ0n) is 5.92. The molecule has 1 aromatic rings. The molecule has 0 bridgehead atoms. The van der Waals surface area contributed by atoms with E-state index in [0.29, 0.717) is 6.54 Å². The van der Waals surface area contributed by atoms with Gasteiger partial charge in [0.15, 0.2) is 0 Å². The molecule has 0 fully saturated rings. The van der Waals surface area contributed by atoms with Gasteiger partial charge in [0, 0.05) is 18.9 Å². The van der Waals surface area contributed by atoms with Gasteiger partial charge in [-0.15, -0.1) is 0 Å². The maximum absolute atomic E-state index is 10.8. The van der Waals surface area contributed by atoms with E-state index in [0.717, 1.165) is 5.57 Å². The fraction of sp³-hybridized carbons (Fsp3) is 0.286. The predicted molar refractivity (Wildman–Crippen MR) is 39.9 cm³/mol. The fourth-order valence-electron chi connectivity index (χ4n) is 0.764. The third-order valence-electron chi connectivity index (χ3n) is 1.16. The molecule has 0 unspecified atom stereocenters. The van der Waals surface area contributed by atoms with Gasteiger partial charge in [-0.1, -0.05) is 12.2 Å². The summed E-state index contributed by atoms with van der Waals surface area (Å²) in [5, 5.41) is 0. The van der Waals surface area contributed by atoms with Crippen LogP contribution in [0.25, 0.3) is 0 Å². The highest BCUT2D eigenvalue weighted by Gasteiger charge is 1.93. The van der Waals surface area contributed by atoms with Crippen molar-refractivity contribution in [3.05, 3.63) is 35.0 Å². The first-order valence-electron chi connectivity index (χ1n) is 3.08. The summed E-state index contributed by atoms with van der Waals surface area (Å²) >= 11 is 0. The number of H-pyrrole nitrogens is 1. The van der Waals surface area contributed by atoms with Gasteiger partial charge in [-0.05, 0) is 6.92 Å². The molecule has 1 aromatic heterocycles. The van der Waals surface area contributed by atoms with Crippen LogP contribution < -0.4 is 5.69 Å². The van der Waals surface area contributed by atoms with Gasteiger partial charge in [0.25, 0.3) is 0 Å². The smallest absolute Gasteiger partial charge is 0.313 e. The van der Waals surface area contributed by atoms with Crippen LogP contribution >= 0.6 is 0 Å². The summed E-state index contributed by atoms with van der Waals surface area (Å²) in [5.41, 5.74) is 0.893. The Balaban J connectivity index is 2.85. The summed E-state index contributed by atoms with van der Waals surface area (Å²) in [4.78, 5) is 13.4. The monoisotopic (exact) mass is 138 g/mol. The van der Waals surface area contributed by atoms with Crippen LogP contribution in [-0.2, 0) is 6.54 Å². The first-order chi connectivity index (χ1) is 4.70. The summed E-state index contributed by atoms with van der Waals surface area (Å²) in [7, 11) is 0. The number of imidazole rings is 1. The largest absolute Gasteiger partial charge is 0.325 e. The molecule has 0 atom stereocenters. The minimum Gasteiger partial charge on any atom is -0.313 e. The second-order valence-electron chi connectivity index (χ2n) is 2.35. The molecule has 54 valence electrons. The topological polar surface area (TPSA) is 37.8 Å². The number of hydrogen-bond acceptors (Lipinski definition) is 1. The van der Waals surface area contributed by atoms with Crippen molar-refractivity contribution in [2.45, 2.75) is 13.5 Å². The average molecular weight is 138 g/mol. The Morgan fingerprint density at radius 3 is 3.00 bits per heavy atom. The van der Waals surface area contributed by atoms with E-state index in [-0.39, 0.29) is 5.69 Å². The molecule has 0 aliphatic carbocycles. The van der Waals surface area contributed by atoms with Gasteiger partial charge in [-0.2, -0.15) is 0 Å². The molecule has 0 aliphatic heterocycles. The lowest BCUT2D eigenvalue weighted by Crippen LogP contribution is -2.16. The van der Waals surface area contributed by atoms with Gasteiger partial charge in [-0.25, -0.2) is 4.79 Å².